The SMILES string of the molecule is CC(C)CCCN.CCCCCCCc1cccnc1.NCCCCN.NCCN.NCCN1CCCCC1.NCCO.NCc1ccccn1. The summed E-state index contributed by atoms with van der Waals surface area (Å²) in [6.07, 6.45) is 22.3. The van der Waals surface area contributed by atoms with Crippen molar-refractivity contribution >= 4 is 0 Å². The third kappa shape index (κ3) is 54.8. The molecule has 0 bridgehead atoms. The van der Waals surface area contributed by atoms with E-state index in [1.807, 2.05) is 36.7 Å². The van der Waals surface area contributed by atoms with Gasteiger partial charge < -0.3 is 55.9 Å². The maximum atomic E-state index is 7.75. The molecule has 0 amide bonds. The number of aromatic nitrogens is 2. The molecule has 1 aliphatic rings. The minimum absolute atomic E-state index is 0.0972. The van der Waals surface area contributed by atoms with Crippen LogP contribution >= 0.6 is 0 Å². The summed E-state index contributed by atoms with van der Waals surface area (Å²) in [7, 11) is 0. The minimum Gasteiger partial charge on any atom is -0.395 e. The van der Waals surface area contributed by atoms with Crippen LogP contribution in [-0.4, -0.2) is 92.0 Å². The predicted molar refractivity (Wildman–Crippen MR) is 223 cm³/mol. The number of nitrogens with two attached hydrogens (primary N) is 8. The second-order valence-corrected chi connectivity index (χ2v) is 12.4. The van der Waals surface area contributed by atoms with Gasteiger partial charge in [0.25, 0.3) is 0 Å². The highest BCUT2D eigenvalue weighted by molar-refractivity contribution is 5.08. The molecule has 1 aliphatic heterocycles. The Morgan fingerprint density at radius 1 is 0.667 bits per heavy atom. The normalized spacial score (nSPS) is 11.6. The second kappa shape index (κ2) is 52.3. The van der Waals surface area contributed by atoms with Crippen LogP contribution in [0.1, 0.15) is 109 Å². The molecule has 12 nitrogen and oxygen atoms in total. The number of hydrogen-bond acceptors (Lipinski definition) is 12. The van der Waals surface area contributed by atoms with E-state index in [9.17, 15) is 0 Å². The second-order valence-electron chi connectivity index (χ2n) is 12.4. The lowest BCUT2D eigenvalue weighted by Crippen LogP contribution is -2.33. The lowest BCUT2D eigenvalue weighted by Gasteiger charge is -2.25. The van der Waals surface area contributed by atoms with Gasteiger partial charge in [0.05, 0.1) is 12.3 Å². The Kier molecular flexibility index (Phi) is 57.0. The molecular formula is C39H85N11O. The first-order valence-corrected chi connectivity index (χ1v) is 19.5. The standard InChI is InChI=1S/C12H19N.C7H16N2.C6H8N2.C6H15N.C4H12N2.C2H8N2.C2H7NO/c1-2-3-4-5-6-8-12-9-7-10-13-11-12;8-4-7-9-5-2-1-3-6-9;7-5-6-3-1-2-4-8-6;1-6(2)4-3-5-7;5-3-1-2-4-6;2*3-1-2-4/h7,9-11H,2-6,8H2,1H3;1-8H2;1-4H,5,7H2;6H,3-5,7H2,1-2H3;1-6H2;1-4H2;4H,1-3H2. The molecule has 0 aliphatic carbocycles. The summed E-state index contributed by atoms with van der Waals surface area (Å²) < 4.78 is 0. The van der Waals surface area contributed by atoms with E-state index in [4.69, 9.17) is 51.0 Å². The van der Waals surface area contributed by atoms with E-state index in [0.29, 0.717) is 26.2 Å². The fourth-order valence-corrected chi connectivity index (χ4v) is 4.18. The number of aliphatic hydroxyl groups is 1. The summed E-state index contributed by atoms with van der Waals surface area (Å²) in [5.41, 5.74) is 43.2. The fourth-order valence-electron chi connectivity index (χ4n) is 4.18. The number of nitrogens with zero attached hydrogens (tertiary/aromatic N) is 3. The number of aliphatic hydroxyl groups excluding tert-OH is 1. The number of hydrogen-bond donors (Lipinski definition) is 9. The van der Waals surface area contributed by atoms with Crippen molar-refractivity contribution in [2.24, 2.45) is 51.8 Å². The van der Waals surface area contributed by atoms with Crippen molar-refractivity contribution < 1.29 is 5.11 Å². The fraction of sp³-hybridized carbons (Fsp3) is 0.744. The Morgan fingerprint density at radius 2 is 1.27 bits per heavy atom. The number of rotatable bonds is 17. The highest BCUT2D eigenvalue weighted by atomic mass is 16.3. The number of aryl methyl sites for hydroxylation is 1. The van der Waals surface area contributed by atoms with E-state index >= 15 is 0 Å². The first-order chi connectivity index (χ1) is 24.8. The molecule has 0 radical (unpaired) electrons. The van der Waals surface area contributed by atoms with Crippen LogP contribution in [-0.2, 0) is 13.0 Å². The zero-order valence-electron chi connectivity index (χ0n) is 33.3. The monoisotopic (exact) mass is 724 g/mol. The Hall–Kier alpha value is -2.10. The van der Waals surface area contributed by atoms with Gasteiger partial charge in [-0.15, -0.1) is 0 Å². The van der Waals surface area contributed by atoms with Gasteiger partial charge >= 0.3 is 0 Å². The number of piperidine rings is 1. The Labute approximate surface area is 314 Å². The summed E-state index contributed by atoms with van der Waals surface area (Å²) in [4.78, 5) is 10.5. The molecule has 17 N–H and O–H groups in total. The third-order valence-corrected chi connectivity index (χ3v) is 7.06. The van der Waals surface area contributed by atoms with Crippen molar-refractivity contribution in [2.45, 2.75) is 111 Å². The van der Waals surface area contributed by atoms with Crippen LogP contribution in [0.4, 0.5) is 0 Å². The molecule has 0 atom stereocenters. The van der Waals surface area contributed by atoms with E-state index < -0.39 is 0 Å². The molecule has 0 spiro atoms. The summed E-state index contributed by atoms with van der Waals surface area (Å²) in [5.74, 6) is 0.823. The van der Waals surface area contributed by atoms with Crippen molar-refractivity contribution in [3.8, 4) is 0 Å². The summed E-state index contributed by atoms with van der Waals surface area (Å²) in [6, 6.07) is 9.88. The molecule has 0 saturated carbocycles. The lowest BCUT2D eigenvalue weighted by molar-refractivity contribution is 0.235. The van der Waals surface area contributed by atoms with Crippen molar-refractivity contribution in [3.63, 3.8) is 0 Å². The molecular weight excluding hydrogens is 639 g/mol. The minimum atomic E-state index is 0.0972. The van der Waals surface area contributed by atoms with Crippen LogP contribution in [0, 0.1) is 5.92 Å². The molecule has 2 aromatic heterocycles. The average molecular weight is 724 g/mol. The molecule has 12 heteroatoms. The quantitative estimate of drug-likeness (QED) is 0.106. The first kappa shape index (κ1) is 55.7. The zero-order chi connectivity index (χ0) is 39.1. The van der Waals surface area contributed by atoms with Crippen molar-refractivity contribution in [1.82, 2.24) is 14.9 Å². The molecule has 1 saturated heterocycles. The van der Waals surface area contributed by atoms with Crippen LogP contribution in [0.2, 0.25) is 0 Å². The van der Waals surface area contributed by atoms with Crippen molar-refractivity contribution in [3.05, 3.63) is 60.2 Å². The van der Waals surface area contributed by atoms with Gasteiger partial charge in [-0.05, 0) is 114 Å². The highest BCUT2D eigenvalue weighted by Crippen LogP contribution is 2.08. The van der Waals surface area contributed by atoms with Crippen LogP contribution < -0.4 is 45.9 Å². The maximum absolute atomic E-state index is 7.75. The van der Waals surface area contributed by atoms with E-state index in [1.54, 1.807) is 6.20 Å². The summed E-state index contributed by atoms with van der Waals surface area (Å²) >= 11 is 0. The average Bonchev–Trinajstić information content (AvgIpc) is 3.18. The zero-order valence-corrected chi connectivity index (χ0v) is 33.3. The highest BCUT2D eigenvalue weighted by Gasteiger charge is 2.07. The molecule has 3 heterocycles. The molecule has 0 unspecified atom stereocenters. The van der Waals surface area contributed by atoms with Gasteiger partial charge in [0.1, 0.15) is 0 Å². The van der Waals surface area contributed by atoms with E-state index in [-0.39, 0.29) is 6.61 Å². The maximum Gasteiger partial charge on any atom is 0.0553 e. The Morgan fingerprint density at radius 3 is 1.65 bits per heavy atom. The van der Waals surface area contributed by atoms with Gasteiger partial charge in [-0.1, -0.05) is 65.0 Å². The van der Waals surface area contributed by atoms with Crippen LogP contribution in [0.15, 0.2) is 48.9 Å². The molecule has 51 heavy (non-hydrogen) atoms. The van der Waals surface area contributed by atoms with E-state index in [1.165, 1.54) is 89.3 Å². The molecule has 302 valence electrons. The van der Waals surface area contributed by atoms with Crippen molar-refractivity contribution in [2.75, 3.05) is 72.1 Å². The topological polar surface area (TPSA) is 257 Å². The Balaban J connectivity index is -0.000000263. The molecule has 3 rings (SSSR count). The van der Waals surface area contributed by atoms with Gasteiger partial charge in [-0.2, -0.15) is 0 Å². The Bertz CT molecular complexity index is 801. The molecule has 0 aromatic carbocycles. The predicted octanol–water partition coefficient (Wildman–Crippen LogP) is 3.47. The van der Waals surface area contributed by atoms with E-state index in [0.717, 1.165) is 57.2 Å². The summed E-state index contributed by atoms with van der Waals surface area (Å²) in [5, 5.41) is 7.75. The third-order valence-electron chi connectivity index (χ3n) is 7.06. The van der Waals surface area contributed by atoms with Gasteiger partial charge in [-0.25, -0.2) is 0 Å². The van der Waals surface area contributed by atoms with E-state index in [2.05, 4.69) is 41.7 Å². The van der Waals surface area contributed by atoms with Gasteiger partial charge in [-0.3, -0.25) is 9.97 Å². The van der Waals surface area contributed by atoms with Gasteiger partial charge in [0.15, 0.2) is 0 Å². The van der Waals surface area contributed by atoms with Crippen LogP contribution in [0.25, 0.3) is 0 Å². The first-order valence-electron chi connectivity index (χ1n) is 19.5. The van der Waals surface area contributed by atoms with Gasteiger partial charge in [0, 0.05) is 57.9 Å². The lowest BCUT2D eigenvalue weighted by atomic mass is 10.1. The van der Waals surface area contributed by atoms with Crippen LogP contribution in [0.5, 0.6) is 0 Å². The van der Waals surface area contributed by atoms with Gasteiger partial charge in [0.2, 0.25) is 0 Å². The largest absolute Gasteiger partial charge is 0.395 e. The number of pyridine rings is 2. The molecule has 1 fully saturated rings. The number of likely N-dealkylation sites (tertiary alicyclic amines) is 1. The molecule has 2 aromatic rings. The smallest absolute Gasteiger partial charge is 0.0553 e. The van der Waals surface area contributed by atoms with Crippen molar-refractivity contribution in [1.29, 1.82) is 0 Å². The van der Waals surface area contributed by atoms with Crippen LogP contribution in [0.3, 0.4) is 0 Å². The summed E-state index contributed by atoms with van der Waals surface area (Å²) in [6.45, 7) is 15.7. The number of unbranched alkanes of at least 4 members (excludes halogenated alkanes) is 5.